The lowest BCUT2D eigenvalue weighted by atomic mass is 9.65. The number of amides is 1. The fourth-order valence-electron chi connectivity index (χ4n) is 8.18. The monoisotopic (exact) mass is 663 g/mol. The minimum absolute atomic E-state index is 0.00152. The van der Waals surface area contributed by atoms with E-state index < -0.39 is 27.7 Å². The number of hydrogen-bond acceptors (Lipinski definition) is 6. The van der Waals surface area contributed by atoms with Gasteiger partial charge in [0.25, 0.3) is 0 Å². The van der Waals surface area contributed by atoms with Crippen molar-refractivity contribution in [1.29, 1.82) is 0 Å². The Morgan fingerprint density at radius 2 is 1.20 bits per heavy atom. The van der Waals surface area contributed by atoms with Gasteiger partial charge in [-0.25, -0.2) is 0 Å². The summed E-state index contributed by atoms with van der Waals surface area (Å²) in [7, 11) is -3.67. The molecule has 2 aliphatic heterocycles. The van der Waals surface area contributed by atoms with Crippen LogP contribution < -0.4 is 10.6 Å². The maximum absolute atomic E-state index is 13.9. The first kappa shape index (κ1) is 37.3. The van der Waals surface area contributed by atoms with Crippen molar-refractivity contribution in [3.8, 4) is 0 Å². The number of piperidine rings is 1. The van der Waals surface area contributed by atoms with Crippen molar-refractivity contribution in [2.24, 2.45) is 0 Å². The summed E-state index contributed by atoms with van der Waals surface area (Å²) < 4.78 is 13.8. The van der Waals surface area contributed by atoms with E-state index in [1.165, 1.54) is 5.06 Å². The SMILES string of the molecule is CC1(C)C=C(C(=O)NC2CC3(CCC(O[Si](C)(C)C(C)(C)C)CC3)NC3(CCC(O[Si](C)(C)C(C)(C)C)CC3)C2)C(C)(C)N1O. The highest BCUT2D eigenvalue weighted by atomic mass is 28.4. The maximum Gasteiger partial charge on any atom is 0.249 e. The third-order valence-electron chi connectivity index (χ3n) is 12.9. The number of nitrogens with zero attached hydrogens (tertiary/aromatic N) is 1. The Morgan fingerprint density at radius 3 is 1.51 bits per heavy atom. The topological polar surface area (TPSA) is 83.1 Å². The number of carbonyl (C=O) groups is 1. The standard InChI is InChI=1S/C36H69N3O4Si2/c1-31(2,3)44(11,12)42-27-15-19-35(20-16-27)23-26(37-30(40)29-25-33(7,8)39(41)34(29,9)10)24-36(38-35)21-17-28(18-22-36)43-45(13,14)32(4,5)6/h25-28,38,41H,15-24H2,1-14H3,(H,37,40). The molecule has 0 bridgehead atoms. The second kappa shape index (κ2) is 12.1. The van der Waals surface area contributed by atoms with Gasteiger partial charge >= 0.3 is 0 Å². The number of carbonyl (C=O) groups excluding carboxylic acids is 1. The van der Waals surface area contributed by atoms with Gasteiger partial charge < -0.3 is 24.7 Å². The van der Waals surface area contributed by atoms with Crippen LogP contribution in [0.1, 0.15) is 133 Å². The quantitative estimate of drug-likeness (QED) is 0.248. The van der Waals surface area contributed by atoms with Crippen LogP contribution in [0.2, 0.25) is 36.3 Å². The summed E-state index contributed by atoms with van der Waals surface area (Å²) in [4.78, 5) is 13.9. The number of hydroxylamine groups is 2. The van der Waals surface area contributed by atoms with Gasteiger partial charge in [-0.2, -0.15) is 5.06 Å². The van der Waals surface area contributed by atoms with Crippen LogP contribution in [-0.2, 0) is 13.6 Å². The van der Waals surface area contributed by atoms with Gasteiger partial charge in [-0.05, 0) is 128 Å². The average Bonchev–Trinajstić information content (AvgIpc) is 3.04. The van der Waals surface area contributed by atoms with Crippen molar-refractivity contribution in [2.45, 2.75) is 210 Å². The highest BCUT2D eigenvalue weighted by Crippen LogP contribution is 2.48. The molecule has 0 aromatic carbocycles. The molecule has 0 atom stereocenters. The molecular formula is C36H69N3O4Si2. The van der Waals surface area contributed by atoms with Crippen molar-refractivity contribution in [3.05, 3.63) is 11.6 Å². The largest absolute Gasteiger partial charge is 0.414 e. The van der Waals surface area contributed by atoms with Crippen LogP contribution in [0.25, 0.3) is 0 Å². The molecule has 3 fully saturated rings. The molecule has 4 aliphatic rings. The first-order valence-electron chi connectivity index (χ1n) is 17.9. The van der Waals surface area contributed by atoms with Crippen LogP contribution >= 0.6 is 0 Å². The molecule has 3 N–H and O–H groups in total. The second-order valence-corrected chi connectivity index (χ2v) is 29.0. The zero-order valence-electron chi connectivity index (χ0n) is 31.5. The Labute approximate surface area is 278 Å². The van der Waals surface area contributed by atoms with Crippen LogP contribution in [0, 0.1) is 0 Å². The summed E-state index contributed by atoms with van der Waals surface area (Å²) in [5, 5.41) is 20.5. The Balaban J connectivity index is 1.53. The summed E-state index contributed by atoms with van der Waals surface area (Å²) in [6.07, 6.45) is 13.1. The van der Waals surface area contributed by atoms with Gasteiger partial charge in [-0.15, -0.1) is 0 Å². The molecule has 9 heteroatoms. The molecule has 2 spiro atoms. The van der Waals surface area contributed by atoms with Gasteiger partial charge in [0.1, 0.15) is 0 Å². The summed E-state index contributed by atoms with van der Waals surface area (Å²) in [5.74, 6) is -0.0354. The molecule has 0 radical (unpaired) electrons. The van der Waals surface area contributed by atoms with Gasteiger partial charge in [0, 0.05) is 34.9 Å². The molecule has 4 rings (SSSR count). The van der Waals surface area contributed by atoms with Crippen LogP contribution in [0.5, 0.6) is 0 Å². The molecule has 260 valence electrons. The van der Waals surface area contributed by atoms with E-state index in [1.807, 2.05) is 33.8 Å². The van der Waals surface area contributed by atoms with E-state index >= 15 is 0 Å². The molecular weight excluding hydrogens is 595 g/mol. The van der Waals surface area contributed by atoms with Gasteiger partial charge in [0.05, 0.1) is 11.1 Å². The number of hydrogen-bond donors (Lipinski definition) is 3. The zero-order chi connectivity index (χ0) is 34.1. The summed E-state index contributed by atoms with van der Waals surface area (Å²) >= 11 is 0. The van der Waals surface area contributed by atoms with Gasteiger partial charge in [-0.1, -0.05) is 47.6 Å². The summed E-state index contributed by atoms with van der Waals surface area (Å²) in [6.45, 7) is 31.2. The van der Waals surface area contributed by atoms with Crippen molar-refractivity contribution in [3.63, 3.8) is 0 Å². The highest BCUT2D eigenvalue weighted by Gasteiger charge is 2.53. The van der Waals surface area contributed by atoms with Crippen LogP contribution in [0.4, 0.5) is 0 Å². The molecule has 1 amide bonds. The fourth-order valence-corrected chi connectivity index (χ4v) is 11.0. The first-order chi connectivity index (χ1) is 20.2. The lowest BCUT2D eigenvalue weighted by Crippen LogP contribution is -2.69. The fraction of sp³-hybridized carbons (Fsp3) is 0.917. The third kappa shape index (κ3) is 7.70. The van der Waals surface area contributed by atoms with Gasteiger partial charge in [0.15, 0.2) is 16.6 Å². The molecule has 7 nitrogen and oxygen atoms in total. The molecule has 1 saturated heterocycles. The van der Waals surface area contributed by atoms with E-state index in [4.69, 9.17) is 8.85 Å². The van der Waals surface area contributed by atoms with Gasteiger partial charge in [-0.3, -0.25) is 4.79 Å². The molecule has 2 saturated carbocycles. The smallest absolute Gasteiger partial charge is 0.249 e. The van der Waals surface area contributed by atoms with E-state index in [9.17, 15) is 10.0 Å². The van der Waals surface area contributed by atoms with E-state index in [-0.39, 0.29) is 33.1 Å². The van der Waals surface area contributed by atoms with E-state index in [1.54, 1.807) is 0 Å². The van der Waals surface area contributed by atoms with Crippen molar-refractivity contribution >= 4 is 22.5 Å². The molecule has 0 unspecified atom stereocenters. The number of nitrogens with one attached hydrogen (secondary N) is 2. The number of rotatable bonds is 6. The molecule has 0 aromatic rings. The molecule has 45 heavy (non-hydrogen) atoms. The van der Waals surface area contributed by atoms with Gasteiger partial charge in [0.2, 0.25) is 5.91 Å². The molecule has 2 aliphatic carbocycles. The van der Waals surface area contributed by atoms with Crippen LogP contribution in [-0.4, -0.2) is 73.2 Å². The Hall–Kier alpha value is -0.556. The van der Waals surface area contributed by atoms with E-state index in [2.05, 4.69) is 78.4 Å². The minimum Gasteiger partial charge on any atom is -0.414 e. The van der Waals surface area contributed by atoms with Crippen LogP contribution in [0.15, 0.2) is 11.6 Å². The normalized spacial score (nSPS) is 34.6. The lowest BCUT2D eigenvalue weighted by Gasteiger charge is -2.57. The Morgan fingerprint density at radius 1 is 0.822 bits per heavy atom. The molecule has 0 aromatic heterocycles. The van der Waals surface area contributed by atoms with Crippen molar-refractivity contribution in [2.75, 3.05) is 0 Å². The second-order valence-electron chi connectivity index (χ2n) is 19.5. The molecule has 2 heterocycles. The first-order valence-corrected chi connectivity index (χ1v) is 23.7. The van der Waals surface area contributed by atoms with Crippen LogP contribution in [0.3, 0.4) is 0 Å². The van der Waals surface area contributed by atoms with Crippen molar-refractivity contribution in [1.82, 2.24) is 15.7 Å². The predicted molar refractivity (Wildman–Crippen MR) is 191 cm³/mol. The van der Waals surface area contributed by atoms with Crippen molar-refractivity contribution < 1.29 is 18.9 Å². The summed E-state index contributed by atoms with van der Waals surface area (Å²) in [6, 6.07) is 0.0852. The minimum atomic E-state index is -1.83. The average molecular weight is 664 g/mol. The van der Waals surface area contributed by atoms with E-state index in [0.717, 1.165) is 64.2 Å². The predicted octanol–water partition coefficient (Wildman–Crippen LogP) is 8.45. The highest BCUT2D eigenvalue weighted by molar-refractivity contribution is 6.74. The summed E-state index contributed by atoms with van der Waals surface area (Å²) in [5.41, 5.74) is -0.669. The van der Waals surface area contributed by atoms with E-state index in [0.29, 0.717) is 17.8 Å². The maximum atomic E-state index is 13.9. The lowest BCUT2D eigenvalue weighted by molar-refractivity contribution is -0.186. The zero-order valence-corrected chi connectivity index (χ0v) is 33.5. The Bertz CT molecular complexity index is 1060. The third-order valence-corrected chi connectivity index (χ3v) is 22.0. The Kier molecular flexibility index (Phi) is 10.0.